The van der Waals surface area contributed by atoms with Crippen molar-refractivity contribution in [3.63, 3.8) is 0 Å². The fourth-order valence-electron chi connectivity index (χ4n) is 3.02. The van der Waals surface area contributed by atoms with Gasteiger partial charge in [-0.2, -0.15) is 0 Å². The molecule has 112 valence electrons. The molecule has 2 atom stereocenters. The van der Waals surface area contributed by atoms with E-state index in [-0.39, 0.29) is 18.0 Å². The fraction of sp³-hybridized carbons (Fsp3) is 0.438. The number of likely N-dealkylation sites (tertiary alicyclic amines) is 1. The molecule has 1 fully saturated rings. The van der Waals surface area contributed by atoms with E-state index in [4.69, 9.17) is 10.2 Å². The van der Waals surface area contributed by atoms with Crippen molar-refractivity contribution in [2.75, 3.05) is 6.54 Å². The fourth-order valence-corrected chi connectivity index (χ4v) is 3.40. The van der Waals surface area contributed by atoms with E-state index < -0.39 is 0 Å². The molecule has 2 N–H and O–H groups in total. The van der Waals surface area contributed by atoms with E-state index in [9.17, 15) is 4.79 Å². The molecule has 0 aliphatic carbocycles. The Morgan fingerprint density at radius 3 is 3.00 bits per heavy atom. The number of nitrogens with zero attached hydrogens (tertiary/aromatic N) is 1. The molecule has 0 spiro atoms. The molecule has 0 bridgehead atoms. The Morgan fingerprint density at radius 1 is 1.43 bits per heavy atom. The largest absolute Gasteiger partial charge is 0.451 e. The van der Waals surface area contributed by atoms with Crippen molar-refractivity contribution < 1.29 is 9.21 Å². The molecule has 1 amide bonds. The minimum absolute atomic E-state index is 0.0206. The van der Waals surface area contributed by atoms with Crippen LogP contribution in [-0.2, 0) is 0 Å². The summed E-state index contributed by atoms with van der Waals surface area (Å²) in [6.45, 7) is 2.72. The molecule has 1 aliphatic rings. The van der Waals surface area contributed by atoms with Gasteiger partial charge in [0.1, 0.15) is 5.58 Å². The van der Waals surface area contributed by atoms with Crippen molar-refractivity contribution in [3.05, 3.63) is 34.5 Å². The molecule has 2 unspecified atom stereocenters. The molecule has 21 heavy (non-hydrogen) atoms. The van der Waals surface area contributed by atoms with Crippen LogP contribution in [0.15, 0.2) is 33.2 Å². The lowest BCUT2D eigenvalue weighted by molar-refractivity contribution is 0.0554. The Bertz CT molecular complexity index is 665. The van der Waals surface area contributed by atoms with Gasteiger partial charge in [-0.15, -0.1) is 0 Å². The first kappa shape index (κ1) is 14.6. The minimum atomic E-state index is -0.0516. The summed E-state index contributed by atoms with van der Waals surface area (Å²) in [4.78, 5) is 14.6. The molecule has 0 saturated carbocycles. The molecule has 2 aromatic rings. The third-order valence-electron chi connectivity index (χ3n) is 4.11. The molecule has 1 aromatic carbocycles. The number of fused-ring (bicyclic) bond motifs is 1. The summed E-state index contributed by atoms with van der Waals surface area (Å²) in [5.74, 6) is 0.347. The maximum Gasteiger partial charge on any atom is 0.289 e. The number of furan rings is 1. The maximum absolute atomic E-state index is 12.7. The van der Waals surface area contributed by atoms with E-state index in [2.05, 4.69) is 15.9 Å². The highest BCUT2D eigenvalue weighted by Gasteiger charge is 2.31. The molecular weight excluding hydrogens is 332 g/mol. The van der Waals surface area contributed by atoms with Crippen molar-refractivity contribution >= 4 is 32.8 Å². The Kier molecular flexibility index (Phi) is 4.04. The smallest absolute Gasteiger partial charge is 0.289 e. The molecule has 2 heterocycles. The first-order valence-electron chi connectivity index (χ1n) is 7.32. The number of piperidine rings is 1. The van der Waals surface area contributed by atoms with Gasteiger partial charge in [0.05, 0.1) is 0 Å². The van der Waals surface area contributed by atoms with Crippen molar-refractivity contribution in [2.45, 2.75) is 38.3 Å². The summed E-state index contributed by atoms with van der Waals surface area (Å²) in [5.41, 5.74) is 6.77. The van der Waals surface area contributed by atoms with Crippen LogP contribution in [0.25, 0.3) is 11.0 Å². The molecule has 0 radical (unpaired) electrons. The van der Waals surface area contributed by atoms with Gasteiger partial charge < -0.3 is 15.1 Å². The number of nitrogens with two attached hydrogens (primary N) is 1. The molecule has 1 saturated heterocycles. The van der Waals surface area contributed by atoms with E-state index in [1.165, 1.54) is 0 Å². The number of benzene rings is 1. The van der Waals surface area contributed by atoms with Crippen LogP contribution in [-0.4, -0.2) is 29.4 Å². The van der Waals surface area contributed by atoms with Crippen molar-refractivity contribution in [1.82, 2.24) is 4.90 Å². The summed E-state index contributed by atoms with van der Waals surface area (Å²) in [7, 11) is 0. The van der Waals surface area contributed by atoms with E-state index >= 15 is 0 Å². The average Bonchev–Trinajstić information content (AvgIpc) is 2.89. The van der Waals surface area contributed by atoms with Gasteiger partial charge >= 0.3 is 0 Å². The summed E-state index contributed by atoms with van der Waals surface area (Å²) in [6.07, 6.45) is 3.12. The zero-order chi connectivity index (χ0) is 15.0. The van der Waals surface area contributed by atoms with Crippen LogP contribution in [0.3, 0.4) is 0 Å². The first-order valence-corrected chi connectivity index (χ1v) is 8.11. The van der Waals surface area contributed by atoms with E-state index in [1.807, 2.05) is 36.1 Å². The highest BCUT2D eigenvalue weighted by Crippen LogP contribution is 2.26. The first-order chi connectivity index (χ1) is 10.1. The molecule has 4 nitrogen and oxygen atoms in total. The molecule has 5 heteroatoms. The van der Waals surface area contributed by atoms with E-state index in [0.29, 0.717) is 5.76 Å². The third-order valence-corrected chi connectivity index (χ3v) is 4.60. The van der Waals surface area contributed by atoms with Gasteiger partial charge in [-0.1, -0.05) is 15.9 Å². The lowest BCUT2D eigenvalue weighted by Crippen LogP contribution is -2.51. The molecule has 3 rings (SSSR count). The summed E-state index contributed by atoms with van der Waals surface area (Å²) >= 11 is 3.43. The van der Waals surface area contributed by atoms with Crippen LogP contribution in [0, 0.1) is 0 Å². The van der Waals surface area contributed by atoms with Crippen LogP contribution in [0.1, 0.15) is 36.7 Å². The Morgan fingerprint density at radius 2 is 2.24 bits per heavy atom. The van der Waals surface area contributed by atoms with Crippen molar-refractivity contribution in [1.29, 1.82) is 0 Å². The van der Waals surface area contributed by atoms with Gasteiger partial charge in [0.25, 0.3) is 5.91 Å². The highest BCUT2D eigenvalue weighted by atomic mass is 79.9. The monoisotopic (exact) mass is 350 g/mol. The lowest BCUT2D eigenvalue weighted by atomic mass is 9.96. The zero-order valence-electron chi connectivity index (χ0n) is 12.0. The predicted octanol–water partition coefficient (Wildman–Crippen LogP) is 3.54. The Hall–Kier alpha value is -1.33. The van der Waals surface area contributed by atoms with Crippen molar-refractivity contribution in [3.8, 4) is 0 Å². The van der Waals surface area contributed by atoms with Crippen LogP contribution < -0.4 is 5.73 Å². The highest BCUT2D eigenvalue weighted by molar-refractivity contribution is 9.10. The maximum atomic E-state index is 12.7. The summed E-state index contributed by atoms with van der Waals surface area (Å²) in [5, 5.41) is 0.932. The number of rotatable bonds is 2. The number of halogens is 1. The predicted molar refractivity (Wildman–Crippen MR) is 86.2 cm³/mol. The quantitative estimate of drug-likeness (QED) is 0.900. The van der Waals surface area contributed by atoms with Gasteiger partial charge in [0.2, 0.25) is 0 Å². The van der Waals surface area contributed by atoms with Gasteiger partial charge in [-0.25, -0.2) is 0 Å². The van der Waals surface area contributed by atoms with E-state index in [0.717, 1.165) is 41.2 Å². The van der Waals surface area contributed by atoms with Crippen LogP contribution in [0.2, 0.25) is 0 Å². The second-order valence-electron chi connectivity index (χ2n) is 5.71. The lowest BCUT2D eigenvalue weighted by Gasteiger charge is -2.37. The number of hydrogen-bond donors (Lipinski definition) is 1. The third kappa shape index (κ3) is 2.85. The van der Waals surface area contributed by atoms with Crippen LogP contribution >= 0.6 is 15.9 Å². The molecule has 1 aromatic heterocycles. The summed E-state index contributed by atoms with van der Waals surface area (Å²) in [6, 6.07) is 7.63. The minimum Gasteiger partial charge on any atom is -0.451 e. The summed E-state index contributed by atoms with van der Waals surface area (Å²) < 4.78 is 6.69. The second kappa shape index (κ2) is 5.81. The van der Waals surface area contributed by atoms with Gasteiger partial charge in [-0.3, -0.25) is 4.79 Å². The average molecular weight is 351 g/mol. The van der Waals surface area contributed by atoms with Gasteiger partial charge in [-0.05, 0) is 50.5 Å². The van der Waals surface area contributed by atoms with Crippen LogP contribution in [0.5, 0.6) is 0 Å². The zero-order valence-corrected chi connectivity index (χ0v) is 13.6. The van der Waals surface area contributed by atoms with Crippen molar-refractivity contribution in [2.24, 2.45) is 5.73 Å². The van der Waals surface area contributed by atoms with Gasteiger partial charge in [0.15, 0.2) is 5.76 Å². The van der Waals surface area contributed by atoms with E-state index in [1.54, 1.807) is 0 Å². The topological polar surface area (TPSA) is 59.5 Å². The second-order valence-corrected chi connectivity index (χ2v) is 6.63. The number of carbonyl (C=O) groups is 1. The Labute approximate surface area is 132 Å². The molecule has 1 aliphatic heterocycles. The molecular formula is C16H19BrN2O2. The number of carbonyl (C=O) groups excluding carboxylic acids is 1. The normalized spacial score (nSPS) is 20.7. The standard InChI is InChI=1S/C16H19BrN2O2/c1-10(18)13-4-2-3-7-19(13)16(20)15-9-11-8-12(17)5-6-14(11)21-15/h5-6,8-10,13H,2-4,7,18H2,1H3. The number of hydrogen-bond acceptors (Lipinski definition) is 3. The SMILES string of the molecule is CC(N)C1CCCCN1C(=O)c1cc2cc(Br)ccc2o1. The Balaban J connectivity index is 1.91. The van der Waals surface area contributed by atoms with Crippen LogP contribution in [0.4, 0.5) is 0 Å². The number of amides is 1. The van der Waals surface area contributed by atoms with Gasteiger partial charge in [0, 0.05) is 28.5 Å².